The van der Waals surface area contributed by atoms with E-state index in [0.29, 0.717) is 12.4 Å². The smallest absolute Gasteiger partial charge is 0.179 e. The topological polar surface area (TPSA) is 43.4 Å². The molecule has 1 rings (SSSR count). The lowest BCUT2D eigenvalue weighted by atomic mass is 10.3. The van der Waals surface area contributed by atoms with Gasteiger partial charge in [-0.1, -0.05) is 0 Å². The molecule has 0 saturated heterocycles. The normalized spacial score (nSPS) is 11.3. The molecule has 1 aromatic carbocycles. The summed E-state index contributed by atoms with van der Waals surface area (Å²) in [4.78, 5) is 0.284. The van der Waals surface area contributed by atoms with Gasteiger partial charge in [0.25, 0.3) is 0 Å². The van der Waals surface area contributed by atoms with E-state index in [1.807, 2.05) is 6.92 Å². The van der Waals surface area contributed by atoms with E-state index in [9.17, 15) is 8.42 Å². The molecule has 1 aromatic rings. The van der Waals surface area contributed by atoms with E-state index in [1.165, 1.54) is 12.1 Å². The zero-order valence-corrected chi connectivity index (χ0v) is 10.0. The van der Waals surface area contributed by atoms with Crippen LogP contribution >= 0.6 is 11.6 Å². The molecular formula is C10H13ClO3S. The largest absolute Gasteiger partial charge is 0.494 e. The van der Waals surface area contributed by atoms with Crippen LogP contribution in [0, 0.1) is 0 Å². The molecule has 0 amide bonds. The van der Waals surface area contributed by atoms with Crippen LogP contribution < -0.4 is 4.74 Å². The fourth-order valence-electron chi connectivity index (χ4n) is 1.13. The van der Waals surface area contributed by atoms with E-state index in [2.05, 4.69) is 0 Å². The summed E-state index contributed by atoms with van der Waals surface area (Å²) in [7, 11) is -3.23. The molecule has 0 aliphatic rings. The summed E-state index contributed by atoms with van der Waals surface area (Å²) in [5, 5.41) is 0. The molecule has 3 nitrogen and oxygen atoms in total. The summed E-state index contributed by atoms with van der Waals surface area (Å²) in [5.41, 5.74) is 0. The van der Waals surface area contributed by atoms with Crippen LogP contribution in [0.3, 0.4) is 0 Å². The Morgan fingerprint density at radius 1 is 1.27 bits per heavy atom. The van der Waals surface area contributed by atoms with Gasteiger partial charge in [-0.25, -0.2) is 8.42 Å². The van der Waals surface area contributed by atoms with Gasteiger partial charge >= 0.3 is 0 Å². The quantitative estimate of drug-likeness (QED) is 0.750. The molecule has 0 fully saturated rings. The van der Waals surface area contributed by atoms with Crippen LogP contribution in [-0.2, 0) is 9.84 Å². The van der Waals surface area contributed by atoms with Gasteiger partial charge in [0.1, 0.15) is 5.75 Å². The second-order valence-electron chi connectivity index (χ2n) is 2.91. The van der Waals surface area contributed by atoms with Gasteiger partial charge in [0.05, 0.1) is 17.3 Å². The molecule has 0 heterocycles. The van der Waals surface area contributed by atoms with E-state index in [1.54, 1.807) is 12.1 Å². The van der Waals surface area contributed by atoms with Crippen molar-refractivity contribution in [1.29, 1.82) is 0 Å². The van der Waals surface area contributed by atoms with Crippen LogP contribution in [0.15, 0.2) is 29.2 Å². The molecule has 0 atom stereocenters. The standard InChI is InChI=1S/C10H13ClO3S/c1-2-14-9-3-5-10(6-4-9)15(12,13)8-7-11/h3-6H,2,7-8H2,1H3. The highest BCUT2D eigenvalue weighted by molar-refractivity contribution is 7.91. The van der Waals surface area contributed by atoms with Crippen molar-refractivity contribution in [1.82, 2.24) is 0 Å². The lowest BCUT2D eigenvalue weighted by Gasteiger charge is -2.05. The van der Waals surface area contributed by atoms with E-state index in [-0.39, 0.29) is 16.5 Å². The molecule has 0 radical (unpaired) electrons. The Bertz CT molecular complexity index is 397. The van der Waals surface area contributed by atoms with Crippen LogP contribution in [0.2, 0.25) is 0 Å². The first-order valence-corrected chi connectivity index (χ1v) is 6.80. The number of hydrogen-bond donors (Lipinski definition) is 0. The number of ether oxygens (including phenoxy) is 1. The van der Waals surface area contributed by atoms with Crippen molar-refractivity contribution in [2.45, 2.75) is 11.8 Å². The van der Waals surface area contributed by atoms with Crippen LogP contribution in [-0.4, -0.2) is 26.7 Å². The van der Waals surface area contributed by atoms with E-state index in [4.69, 9.17) is 16.3 Å². The lowest BCUT2D eigenvalue weighted by Crippen LogP contribution is -2.07. The number of sulfone groups is 1. The van der Waals surface area contributed by atoms with Gasteiger partial charge in [-0.05, 0) is 31.2 Å². The maximum absolute atomic E-state index is 11.6. The zero-order chi connectivity index (χ0) is 11.3. The Morgan fingerprint density at radius 3 is 2.33 bits per heavy atom. The number of halogens is 1. The first-order valence-electron chi connectivity index (χ1n) is 4.61. The highest BCUT2D eigenvalue weighted by atomic mass is 35.5. The Hall–Kier alpha value is -0.740. The van der Waals surface area contributed by atoms with Crippen molar-refractivity contribution in [3.8, 4) is 5.75 Å². The van der Waals surface area contributed by atoms with Crippen LogP contribution in [0.4, 0.5) is 0 Å². The van der Waals surface area contributed by atoms with Crippen molar-refractivity contribution < 1.29 is 13.2 Å². The molecule has 0 aromatic heterocycles. The molecule has 0 aliphatic heterocycles. The summed E-state index contributed by atoms with van der Waals surface area (Å²) in [6.07, 6.45) is 0. The molecule has 0 unspecified atom stereocenters. The minimum atomic E-state index is -3.23. The third kappa shape index (κ3) is 3.39. The van der Waals surface area contributed by atoms with Crippen molar-refractivity contribution in [3.05, 3.63) is 24.3 Å². The van der Waals surface area contributed by atoms with Gasteiger partial charge in [0.15, 0.2) is 9.84 Å². The minimum Gasteiger partial charge on any atom is -0.494 e. The second kappa shape index (κ2) is 5.37. The van der Waals surface area contributed by atoms with Crippen molar-refractivity contribution in [3.63, 3.8) is 0 Å². The number of benzene rings is 1. The number of hydrogen-bond acceptors (Lipinski definition) is 3. The lowest BCUT2D eigenvalue weighted by molar-refractivity contribution is 0.340. The summed E-state index contributed by atoms with van der Waals surface area (Å²) in [6.45, 7) is 2.44. The molecule has 0 bridgehead atoms. The SMILES string of the molecule is CCOc1ccc(S(=O)(=O)CCCl)cc1. The van der Waals surface area contributed by atoms with Crippen molar-refractivity contribution >= 4 is 21.4 Å². The summed E-state index contributed by atoms with van der Waals surface area (Å²) < 4.78 is 28.4. The summed E-state index contributed by atoms with van der Waals surface area (Å²) in [5.74, 6) is 0.736. The molecule has 0 aliphatic carbocycles. The first-order chi connectivity index (χ1) is 7.10. The first kappa shape index (κ1) is 12.3. The van der Waals surface area contributed by atoms with Crippen LogP contribution in [0.1, 0.15) is 6.92 Å². The predicted molar refractivity (Wildman–Crippen MR) is 60.4 cm³/mol. The fourth-order valence-corrected chi connectivity index (χ4v) is 2.73. The Morgan fingerprint density at radius 2 is 1.87 bits per heavy atom. The van der Waals surface area contributed by atoms with Crippen LogP contribution in [0.25, 0.3) is 0 Å². The maximum Gasteiger partial charge on any atom is 0.179 e. The van der Waals surface area contributed by atoms with Gasteiger partial charge < -0.3 is 4.74 Å². The third-order valence-electron chi connectivity index (χ3n) is 1.84. The third-order valence-corrected chi connectivity index (χ3v) is 3.98. The van der Waals surface area contributed by atoms with E-state index < -0.39 is 9.84 Å². The Balaban J connectivity index is 2.89. The van der Waals surface area contributed by atoms with Crippen molar-refractivity contribution in [2.75, 3.05) is 18.2 Å². The molecule has 5 heteroatoms. The van der Waals surface area contributed by atoms with Gasteiger partial charge in [-0.2, -0.15) is 0 Å². The zero-order valence-electron chi connectivity index (χ0n) is 8.44. The second-order valence-corrected chi connectivity index (χ2v) is 5.40. The van der Waals surface area contributed by atoms with E-state index >= 15 is 0 Å². The highest BCUT2D eigenvalue weighted by Crippen LogP contribution is 2.17. The van der Waals surface area contributed by atoms with Gasteiger partial charge in [-0.15, -0.1) is 11.6 Å². The Kier molecular flexibility index (Phi) is 4.42. The highest BCUT2D eigenvalue weighted by Gasteiger charge is 2.12. The number of rotatable bonds is 5. The molecule has 0 spiro atoms. The monoisotopic (exact) mass is 248 g/mol. The Labute approximate surface area is 94.9 Å². The predicted octanol–water partition coefficient (Wildman–Crippen LogP) is 2.10. The van der Waals surface area contributed by atoms with E-state index in [0.717, 1.165) is 0 Å². The van der Waals surface area contributed by atoms with Crippen LogP contribution in [0.5, 0.6) is 5.75 Å². The minimum absolute atomic E-state index is 0.0391. The van der Waals surface area contributed by atoms with Gasteiger partial charge in [-0.3, -0.25) is 0 Å². The molecule has 0 saturated carbocycles. The van der Waals surface area contributed by atoms with Crippen molar-refractivity contribution in [2.24, 2.45) is 0 Å². The van der Waals surface area contributed by atoms with Gasteiger partial charge in [0.2, 0.25) is 0 Å². The van der Waals surface area contributed by atoms with Gasteiger partial charge in [0, 0.05) is 5.88 Å². The average molecular weight is 249 g/mol. The molecule has 0 N–H and O–H groups in total. The molecular weight excluding hydrogens is 236 g/mol. The summed E-state index contributed by atoms with van der Waals surface area (Å²) in [6, 6.07) is 6.36. The summed E-state index contributed by atoms with van der Waals surface area (Å²) >= 11 is 5.41. The molecule has 84 valence electrons. The average Bonchev–Trinajstić information content (AvgIpc) is 2.19. The fraction of sp³-hybridized carbons (Fsp3) is 0.400. The molecule has 15 heavy (non-hydrogen) atoms. The maximum atomic E-state index is 11.6. The number of alkyl halides is 1.